The van der Waals surface area contributed by atoms with Crippen molar-refractivity contribution in [2.45, 2.75) is 19.8 Å². The van der Waals surface area contributed by atoms with Crippen LogP contribution in [0, 0.1) is 5.92 Å². The fourth-order valence-electron chi connectivity index (χ4n) is 1.67. The Balaban J connectivity index is 2.61. The molecule has 0 heterocycles. The van der Waals surface area contributed by atoms with Crippen molar-refractivity contribution < 1.29 is 19.1 Å². The number of ether oxygens (including phenoxy) is 2. The predicted molar refractivity (Wildman–Crippen MR) is 67.7 cm³/mol. The summed E-state index contributed by atoms with van der Waals surface area (Å²) in [5.41, 5.74) is 0.603. The van der Waals surface area contributed by atoms with Gasteiger partial charge in [-0.05, 0) is 18.1 Å². The van der Waals surface area contributed by atoms with Gasteiger partial charge in [0, 0.05) is 18.4 Å². The fourth-order valence-corrected chi connectivity index (χ4v) is 1.67. The Morgan fingerprint density at radius 1 is 1.22 bits per heavy atom. The van der Waals surface area contributed by atoms with E-state index in [2.05, 4.69) is 4.74 Å². The summed E-state index contributed by atoms with van der Waals surface area (Å²) in [5.74, 6) is 0.337. The fraction of sp³-hybridized carbons (Fsp3) is 0.429. The number of esters is 1. The van der Waals surface area contributed by atoms with E-state index >= 15 is 0 Å². The zero-order chi connectivity index (χ0) is 13.5. The van der Waals surface area contributed by atoms with E-state index in [0.717, 1.165) is 0 Å². The minimum atomic E-state index is -0.291. The van der Waals surface area contributed by atoms with Crippen LogP contribution in [0.15, 0.2) is 24.3 Å². The molecule has 0 unspecified atom stereocenters. The normalized spacial score (nSPS) is 11.7. The average molecular weight is 250 g/mol. The van der Waals surface area contributed by atoms with Crippen molar-refractivity contribution in [3.05, 3.63) is 29.8 Å². The van der Waals surface area contributed by atoms with Gasteiger partial charge in [-0.1, -0.05) is 19.1 Å². The number of Topliss-reactive ketones (excluding diaryl/α,β-unsaturated/α-hetero) is 1. The maximum Gasteiger partial charge on any atom is 0.305 e. The van der Waals surface area contributed by atoms with Gasteiger partial charge in [0.2, 0.25) is 0 Å². The molecule has 0 saturated carbocycles. The van der Waals surface area contributed by atoms with Gasteiger partial charge < -0.3 is 9.47 Å². The molecule has 0 saturated heterocycles. The second-order valence-corrected chi connectivity index (χ2v) is 4.24. The molecule has 0 spiro atoms. The number of methoxy groups -OCH3 is 2. The van der Waals surface area contributed by atoms with Crippen molar-refractivity contribution in [3.8, 4) is 5.75 Å². The first-order valence-corrected chi connectivity index (χ1v) is 5.81. The summed E-state index contributed by atoms with van der Waals surface area (Å²) in [6.07, 6.45) is 0.578. The minimum absolute atomic E-state index is 0.00491. The van der Waals surface area contributed by atoms with Crippen LogP contribution in [0.2, 0.25) is 0 Å². The Bertz CT molecular complexity index is 426. The van der Waals surface area contributed by atoms with Crippen molar-refractivity contribution in [2.75, 3.05) is 14.2 Å². The van der Waals surface area contributed by atoms with Crippen molar-refractivity contribution in [1.29, 1.82) is 0 Å². The molecule has 1 aromatic carbocycles. The van der Waals surface area contributed by atoms with E-state index in [1.807, 2.05) is 6.92 Å². The summed E-state index contributed by atoms with van der Waals surface area (Å²) in [4.78, 5) is 23.1. The molecule has 4 heteroatoms. The van der Waals surface area contributed by atoms with E-state index in [4.69, 9.17) is 4.74 Å². The first-order chi connectivity index (χ1) is 8.56. The number of rotatable bonds is 6. The van der Waals surface area contributed by atoms with Crippen LogP contribution in [0.3, 0.4) is 0 Å². The van der Waals surface area contributed by atoms with Gasteiger partial charge in [0.05, 0.1) is 14.2 Å². The molecule has 0 aliphatic carbocycles. The zero-order valence-corrected chi connectivity index (χ0v) is 10.9. The van der Waals surface area contributed by atoms with Crippen LogP contribution in [0.1, 0.15) is 30.1 Å². The van der Waals surface area contributed by atoms with Crippen molar-refractivity contribution in [1.82, 2.24) is 0 Å². The molecule has 1 rings (SSSR count). The predicted octanol–water partition coefficient (Wildman–Crippen LogP) is 2.47. The minimum Gasteiger partial charge on any atom is -0.497 e. The highest BCUT2D eigenvalue weighted by atomic mass is 16.5. The van der Waals surface area contributed by atoms with Gasteiger partial charge in [-0.2, -0.15) is 0 Å². The van der Waals surface area contributed by atoms with E-state index in [-0.39, 0.29) is 24.1 Å². The van der Waals surface area contributed by atoms with Gasteiger partial charge in [0.25, 0.3) is 0 Å². The number of benzene rings is 1. The summed E-state index contributed by atoms with van der Waals surface area (Å²) in [6.45, 7) is 1.86. The highest BCUT2D eigenvalue weighted by molar-refractivity contribution is 5.96. The Morgan fingerprint density at radius 2 is 1.94 bits per heavy atom. The molecule has 0 amide bonds. The van der Waals surface area contributed by atoms with Crippen LogP contribution in [0.25, 0.3) is 0 Å². The second-order valence-electron chi connectivity index (χ2n) is 4.24. The lowest BCUT2D eigenvalue weighted by Gasteiger charge is -2.09. The first kappa shape index (κ1) is 14.2. The lowest BCUT2D eigenvalue weighted by molar-refractivity contribution is -0.141. The second kappa shape index (κ2) is 6.79. The molecule has 0 aromatic heterocycles. The maximum absolute atomic E-state index is 12.0. The van der Waals surface area contributed by atoms with Gasteiger partial charge in [-0.3, -0.25) is 9.59 Å². The molecule has 0 fully saturated rings. The van der Waals surface area contributed by atoms with Gasteiger partial charge in [0.15, 0.2) is 5.78 Å². The molecule has 18 heavy (non-hydrogen) atoms. The Labute approximate surface area is 107 Å². The van der Waals surface area contributed by atoms with Crippen molar-refractivity contribution >= 4 is 11.8 Å². The van der Waals surface area contributed by atoms with E-state index in [9.17, 15) is 9.59 Å². The van der Waals surface area contributed by atoms with Gasteiger partial charge in [-0.25, -0.2) is 0 Å². The summed E-state index contributed by atoms with van der Waals surface area (Å²) in [7, 11) is 2.91. The van der Waals surface area contributed by atoms with E-state index < -0.39 is 0 Å². The van der Waals surface area contributed by atoms with E-state index in [1.54, 1.807) is 31.4 Å². The van der Waals surface area contributed by atoms with Crippen LogP contribution in [-0.2, 0) is 9.53 Å². The standard InChI is InChI=1S/C14H18O4/c1-10(8-14(16)18-3)7-13(15)11-5-4-6-12(9-11)17-2/h4-6,9-10H,7-8H2,1-3H3/t10-/m1/s1. The molecule has 0 aliphatic heterocycles. The largest absolute Gasteiger partial charge is 0.497 e. The van der Waals surface area contributed by atoms with Gasteiger partial charge in [-0.15, -0.1) is 0 Å². The van der Waals surface area contributed by atoms with Crippen molar-refractivity contribution in [2.24, 2.45) is 5.92 Å². The summed E-state index contributed by atoms with van der Waals surface area (Å²) in [6, 6.07) is 7.01. The Kier molecular flexibility index (Phi) is 5.36. The van der Waals surface area contributed by atoms with Crippen LogP contribution in [0.4, 0.5) is 0 Å². The zero-order valence-electron chi connectivity index (χ0n) is 10.9. The third-order valence-electron chi connectivity index (χ3n) is 2.67. The topological polar surface area (TPSA) is 52.6 Å². The number of ketones is 1. The highest BCUT2D eigenvalue weighted by Gasteiger charge is 2.15. The van der Waals surface area contributed by atoms with Crippen molar-refractivity contribution in [3.63, 3.8) is 0 Å². The summed E-state index contributed by atoms with van der Waals surface area (Å²) in [5, 5.41) is 0. The molecule has 1 aromatic rings. The van der Waals surface area contributed by atoms with Gasteiger partial charge in [0.1, 0.15) is 5.75 Å². The molecule has 1 atom stereocenters. The maximum atomic E-state index is 12.0. The van der Waals surface area contributed by atoms with E-state index in [0.29, 0.717) is 17.7 Å². The molecule has 0 bridgehead atoms. The lowest BCUT2D eigenvalue weighted by Crippen LogP contribution is -2.11. The molecule has 98 valence electrons. The smallest absolute Gasteiger partial charge is 0.305 e. The Hall–Kier alpha value is -1.84. The molecule has 0 N–H and O–H groups in total. The van der Waals surface area contributed by atoms with Crippen LogP contribution in [-0.4, -0.2) is 26.0 Å². The average Bonchev–Trinajstić information content (AvgIpc) is 2.38. The number of hydrogen-bond acceptors (Lipinski definition) is 4. The third kappa shape index (κ3) is 4.20. The summed E-state index contributed by atoms with van der Waals surface area (Å²) >= 11 is 0. The number of carbonyl (C=O) groups is 2. The SMILES string of the molecule is COC(=O)C[C@H](C)CC(=O)c1cccc(OC)c1. The van der Waals surface area contributed by atoms with E-state index in [1.165, 1.54) is 7.11 Å². The molecular weight excluding hydrogens is 232 g/mol. The molecule has 4 nitrogen and oxygen atoms in total. The molecule has 0 radical (unpaired) electrons. The van der Waals surface area contributed by atoms with Gasteiger partial charge >= 0.3 is 5.97 Å². The monoisotopic (exact) mass is 250 g/mol. The summed E-state index contributed by atoms with van der Waals surface area (Å²) < 4.78 is 9.64. The first-order valence-electron chi connectivity index (χ1n) is 5.81. The number of carbonyl (C=O) groups excluding carboxylic acids is 2. The Morgan fingerprint density at radius 3 is 2.56 bits per heavy atom. The highest BCUT2D eigenvalue weighted by Crippen LogP contribution is 2.17. The van der Waals surface area contributed by atoms with Crippen LogP contribution in [0.5, 0.6) is 5.75 Å². The molecular formula is C14H18O4. The van der Waals surface area contributed by atoms with Crippen LogP contribution < -0.4 is 4.74 Å². The quantitative estimate of drug-likeness (QED) is 0.575. The number of hydrogen-bond donors (Lipinski definition) is 0. The van der Waals surface area contributed by atoms with Crippen LogP contribution >= 0.6 is 0 Å². The molecule has 0 aliphatic rings. The third-order valence-corrected chi connectivity index (χ3v) is 2.67. The lowest BCUT2D eigenvalue weighted by atomic mass is 9.97.